The predicted octanol–water partition coefficient (Wildman–Crippen LogP) is 5.29. The highest BCUT2D eigenvalue weighted by atomic mass is 16.5. The molecule has 0 aliphatic carbocycles. The van der Waals surface area contributed by atoms with E-state index in [0.29, 0.717) is 86.9 Å². The molecule has 52 heavy (non-hydrogen) atoms. The van der Waals surface area contributed by atoms with Gasteiger partial charge in [0.2, 0.25) is 5.96 Å². The second kappa shape index (κ2) is 20.1. The summed E-state index contributed by atoms with van der Waals surface area (Å²) in [5.41, 5.74) is 3.61. The Balaban J connectivity index is 1.13. The first-order chi connectivity index (χ1) is 25.5. The molecular formula is C39H44N8O5. The summed E-state index contributed by atoms with van der Waals surface area (Å²) < 4.78 is 11.3. The maximum atomic E-state index is 12.7. The van der Waals surface area contributed by atoms with Gasteiger partial charge in [-0.3, -0.25) is 19.6 Å². The van der Waals surface area contributed by atoms with Crippen LogP contribution in [-0.2, 0) is 16.0 Å². The van der Waals surface area contributed by atoms with E-state index in [1.54, 1.807) is 60.9 Å². The molecule has 3 aromatic carbocycles. The Bertz CT molecular complexity index is 1820. The van der Waals surface area contributed by atoms with Crippen LogP contribution < -0.4 is 21.3 Å². The predicted molar refractivity (Wildman–Crippen MR) is 203 cm³/mol. The minimum absolute atomic E-state index is 0.0124. The first kappa shape index (κ1) is 37.3. The third kappa shape index (κ3) is 12.1. The Morgan fingerprint density at radius 1 is 0.769 bits per heavy atom. The number of carbonyl (C=O) groups is 2. The number of aliphatic imine (C=N–C) groups is 3. The molecule has 0 saturated carbocycles. The number of aromatic nitrogens is 1. The molecule has 1 unspecified atom stereocenters. The van der Waals surface area contributed by atoms with Crippen LogP contribution in [0.4, 0.5) is 11.4 Å². The quantitative estimate of drug-likeness (QED) is 0.0774. The number of aromatic hydroxyl groups is 1. The van der Waals surface area contributed by atoms with Crippen molar-refractivity contribution in [2.45, 2.75) is 26.3 Å². The number of nitrogens with one attached hydrogen (secondary N) is 4. The highest BCUT2D eigenvalue weighted by Crippen LogP contribution is 2.21. The maximum Gasteiger partial charge on any atom is 0.251 e. The van der Waals surface area contributed by atoms with Crippen molar-refractivity contribution in [2.75, 3.05) is 50.2 Å². The minimum Gasteiger partial charge on any atom is -0.508 e. The van der Waals surface area contributed by atoms with Crippen molar-refractivity contribution in [3.05, 3.63) is 120 Å². The highest BCUT2D eigenvalue weighted by Gasteiger charge is 2.22. The van der Waals surface area contributed by atoms with E-state index < -0.39 is 0 Å². The van der Waals surface area contributed by atoms with Crippen LogP contribution in [0.1, 0.15) is 46.0 Å². The smallest absolute Gasteiger partial charge is 0.251 e. The molecule has 1 aromatic heterocycles. The van der Waals surface area contributed by atoms with Crippen molar-refractivity contribution < 1.29 is 24.2 Å². The molecule has 0 radical (unpaired) electrons. The van der Waals surface area contributed by atoms with E-state index in [9.17, 15) is 14.7 Å². The van der Waals surface area contributed by atoms with Crippen molar-refractivity contribution >= 4 is 40.8 Å². The molecule has 1 aliphatic heterocycles. The lowest BCUT2D eigenvalue weighted by Gasteiger charge is -2.18. The molecule has 2 heterocycles. The largest absolute Gasteiger partial charge is 0.508 e. The minimum atomic E-state index is -0.170. The number of ether oxygens (including phenoxy) is 2. The molecule has 1 atom stereocenters. The van der Waals surface area contributed by atoms with Crippen molar-refractivity contribution in [3.8, 4) is 5.75 Å². The molecule has 0 bridgehead atoms. The van der Waals surface area contributed by atoms with E-state index in [0.717, 1.165) is 17.7 Å². The van der Waals surface area contributed by atoms with Crippen LogP contribution >= 0.6 is 0 Å². The number of phenols is 1. The fourth-order valence-corrected chi connectivity index (χ4v) is 5.14. The number of guanidine groups is 1. The van der Waals surface area contributed by atoms with Crippen LogP contribution in [0.25, 0.3) is 0 Å². The first-order valence-electron chi connectivity index (χ1n) is 17.3. The molecule has 2 amide bonds. The zero-order valence-corrected chi connectivity index (χ0v) is 29.1. The molecule has 270 valence electrons. The number of anilines is 2. The van der Waals surface area contributed by atoms with Gasteiger partial charge in [0, 0.05) is 60.3 Å². The fraction of sp³-hybridized carbons (Fsp3) is 0.282. The molecule has 13 nitrogen and oxygen atoms in total. The average Bonchev–Trinajstić information content (AvgIpc) is 3.34. The monoisotopic (exact) mass is 704 g/mol. The lowest BCUT2D eigenvalue weighted by atomic mass is 10.00. The number of phenolic OH excluding ortho intramolecular Hbond substituents is 1. The van der Waals surface area contributed by atoms with E-state index in [1.165, 1.54) is 0 Å². The Morgan fingerprint density at radius 3 is 2.15 bits per heavy atom. The van der Waals surface area contributed by atoms with Crippen molar-refractivity contribution in [1.82, 2.24) is 15.6 Å². The van der Waals surface area contributed by atoms with Gasteiger partial charge in [-0.2, -0.15) is 9.98 Å². The zero-order chi connectivity index (χ0) is 36.4. The Morgan fingerprint density at radius 2 is 1.42 bits per heavy atom. The number of nitrogens with zero attached hydrogens (tertiary/aromatic N) is 4. The summed E-state index contributed by atoms with van der Waals surface area (Å²) in [4.78, 5) is 43.2. The van der Waals surface area contributed by atoms with Crippen LogP contribution in [0.15, 0.2) is 118 Å². The van der Waals surface area contributed by atoms with E-state index in [4.69, 9.17) is 24.5 Å². The third-order valence-electron chi connectivity index (χ3n) is 7.99. The molecule has 0 saturated heterocycles. The third-order valence-corrected chi connectivity index (χ3v) is 7.99. The average molecular weight is 705 g/mol. The Hall–Kier alpha value is -5.92. The molecule has 0 fully saturated rings. The first-order valence-corrected chi connectivity index (χ1v) is 17.3. The highest BCUT2D eigenvalue weighted by molar-refractivity contribution is 6.14. The summed E-state index contributed by atoms with van der Waals surface area (Å²) in [5, 5.41) is 22.2. The zero-order valence-electron chi connectivity index (χ0n) is 29.1. The van der Waals surface area contributed by atoms with E-state index in [2.05, 4.69) is 33.2 Å². The van der Waals surface area contributed by atoms with Crippen molar-refractivity contribution in [2.24, 2.45) is 20.9 Å². The number of benzene rings is 3. The summed E-state index contributed by atoms with van der Waals surface area (Å²) in [5.74, 6) is 1.53. The summed E-state index contributed by atoms with van der Waals surface area (Å²) in [6.45, 7) is 4.88. The van der Waals surface area contributed by atoms with Gasteiger partial charge in [-0.05, 0) is 84.8 Å². The second-order valence-electron chi connectivity index (χ2n) is 11.8. The molecule has 1 aliphatic rings. The van der Waals surface area contributed by atoms with Crippen LogP contribution in [0, 0.1) is 5.92 Å². The molecule has 4 aromatic rings. The van der Waals surface area contributed by atoms with Crippen molar-refractivity contribution in [1.29, 1.82) is 0 Å². The van der Waals surface area contributed by atoms with Crippen LogP contribution in [-0.4, -0.2) is 79.1 Å². The number of hydrogen-bond donors (Lipinski definition) is 5. The summed E-state index contributed by atoms with van der Waals surface area (Å²) in [6.07, 6.45) is 4.72. The van der Waals surface area contributed by atoms with Gasteiger partial charge in [-0.1, -0.05) is 25.1 Å². The van der Waals surface area contributed by atoms with Gasteiger partial charge in [0.15, 0.2) is 0 Å². The lowest BCUT2D eigenvalue weighted by molar-refractivity contribution is 0.0512. The van der Waals surface area contributed by atoms with Crippen LogP contribution in [0.5, 0.6) is 5.75 Å². The maximum absolute atomic E-state index is 12.7. The van der Waals surface area contributed by atoms with E-state index in [-0.39, 0.29) is 23.5 Å². The number of hydrogen-bond acceptors (Lipinski definition) is 10. The molecule has 5 rings (SSSR count). The Kier molecular flexibility index (Phi) is 14.4. The lowest BCUT2D eigenvalue weighted by Crippen LogP contribution is -2.27. The molecule has 0 spiro atoms. The van der Waals surface area contributed by atoms with Gasteiger partial charge < -0.3 is 35.8 Å². The van der Waals surface area contributed by atoms with Gasteiger partial charge in [0.25, 0.3) is 11.8 Å². The molecule has 13 heteroatoms. The fourth-order valence-electron chi connectivity index (χ4n) is 5.14. The second-order valence-corrected chi connectivity index (χ2v) is 11.8. The number of pyridine rings is 1. The van der Waals surface area contributed by atoms with Crippen LogP contribution in [0.2, 0.25) is 0 Å². The Labute approximate surface area is 303 Å². The molecular weight excluding hydrogens is 660 g/mol. The van der Waals surface area contributed by atoms with E-state index in [1.807, 2.05) is 42.5 Å². The number of amides is 2. The SMILES string of the molecule is CCC1CC(=NCCOCCOCCNC(=O)c2ccccc2)N=C(Nc2ccc(O)cc2)N=C1Nc1ccc(C(=O)NCc2ccncc2)cc1. The van der Waals surface area contributed by atoms with Gasteiger partial charge in [-0.15, -0.1) is 0 Å². The van der Waals surface area contributed by atoms with E-state index >= 15 is 0 Å². The topological polar surface area (TPSA) is 171 Å². The number of amidine groups is 2. The van der Waals surface area contributed by atoms with Crippen molar-refractivity contribution in [3.63, 3.8) is 0 Å². The number of rotatable bonds is 16. The molecule has 5 N–H and O–H groups in total. The summed E-state index contributed by atoms with van der Waals surface area (Å²) in [6, 6.07) is 26.7. The van der Waals surface area contributed by atoms with Gasteiger partial charge in [-0.25, -0.2) is 0 Å². The number of carbonyl (C=O) groups excluding carboxylic acids is 2. The van der Waals surface area contributed by atoms with Gasteiger partial charge in [0.1, 0.15) is 17.4 Å². The van der Waals surface area contributed by atoms with Gasteiger partial charge >= 0.3 is 0 Å². The van der Waals surface area contributed by atoms with Gasteiger partial charge in [0.05, 0.1) is 33.0 Å². The summed E-state index contributed by atoms with van der Waals surface area (Å²) >= 11 is 0. The summed E-state index contributed by atoms with van der Waals surface area (Å²) in [7, 11) is 0. The standard InChI is InChI=1S/C39H44N8O5/c1-2-29-26-35(41-20-22-51-24-25-52-23-21-42-37(49)30-6-4-3-5-7-30)46-39(45-33-12-14-34(48)15-13-33)47-36(29)44-32-10-8-31(9-11-32)38(50)43-27-28-16-18-40-19-17-28/h3-19,29,48H,2,20-27H2,1H3,(H,42,49)(H,43,50)(H2,41,44,45,46,47). The van der Waals surface area contributed by atoms with Crippen LogP contribution in [0.3, 0.4) is 0 Å². The normalized spacial score (nSPS) is 14.9.